The molecule has 0 unspecified atom stereocenters. The first-order chi connectivity index (χ1) is 9.15. The number of pyridine rings is 1. The van der Waals surface area contributed by atoms with Crippen LogP contribution in [-0.4, -0.2) is 32.2 Å². The summed E-state index contributed by atoms with van der Waals surface area (Å²) in [4.78, 5) is 21.6. The molecule has 0 fully saturated rings. The average molecular weight is 258 g/mol. The van der Waals surface area contributed by atoms with Crippen LogP contribution in [0.1, 0.15) is 21.7 Å². The number of carbonyl (C=O) groups is 1. The third kappa shape index (κ3) is 2.05. The van der Waals surface area contributed by atoms with Gasteiger partial charge in [0, 0.05) is 31.7 Å². The quantitative estimate of drug-likeness (QED) is 0.879. The topological polar surface area (TPSA) is 71.2 Å². The second kappa shape index (κ2) is 4.38. The lowest BCUT2D eigenvalue weighted by Crippen LogP contribution is -2.34. The highest BCUT2D eigenvalue weighted by Crippen LogP contribution is 2.22. The number of hydrogen-bond donors (Lipinski definition) is 1. The normalized spacial score (nSPS) is 14.3. The fourth-order valence-electron chi connectivity index (χ4n) is 2.37. The number of aryl methyl sites for hydroxylation is 1. The van der Waals surface area contributed by atoms with E-state index in [9.17, 15) is 4.79 Å². The van der Waals surface area contributed by atoms with Gasteiger partial charge in [-0.05, 0) is 18.6 Å². The van der Waals surface area contributed by atoms with Gasteiger partial charge in [-0.25, -0.2) is 14.8 Å². The van der Waals surface area contributed by atoms with E-state index >= 15 is 0 Å². The van der Waals surface area contributed by atoms with Gasteiger partial charge in [0.05, 0.1) is 12.1 Å². The van der Waals surface area contributed by atoms with Gasteiger partial charge in [0.25, 0.3) is 0 Å². The Morgan fingerprint density at radius 2 is 2.21 bits per heavy atom. The van der Waals surface area contributed by atoms with E-state index in [2.05, 4.69) is 19.4 Å². The third-order valence-electron chi connectivity index (χ3n) is 3.34. The number of fused-ring (bicyclic) bond motifs is 1. The minimum Gasteiger partial charge on any atom is -0.478 e. The van der Waals surface area contributed by atoms with Crippen LogP contribution in [-0.2, 0) is 13.1 Å². The number of carboxylic acid groups (broad SMARTS) is 1. The van der Waals surface area contributed by atoms with Crippen LogP contribution in [0.3, 0.4) is 0 Å². The summed E-state index contributed by atoms with van der Waals surface area (Å²) in [5.74, 6) is 0.894. The number of nitrogens with zero attached hydrogens (tertiary/aromatic N) is 4. The zero-order chi connectivity index (χ0) is 13.4. The van der Waals surface area contributed by atoms with Gasteiger partial charge in [-0.2, -0.15) is 0 Å². The first-order valence-electron chi connectivity index (χ1n) is 6.10. The number of rotatable bonds is 2. The summed E-state index contributed by atoms with van der Waals surface area (Å²) >= 11 is 0. The highest BCUT2D eigenvalue weighted by molar-refractivity contribution is 5.87. The van der Waals surface area contributed by atoms with E-state index in [1.807, 2.05) is 13.1 Å². The Bertz CT molecular complexity index is 635. The summed E-state index contributed by atoms with van der Waals surface area (Å²) in [5, 5.41) is 8.95. The van der Waals surface area contributed by atoms with Crippen molar-refractivity contribution < 1.29 is 9.90 Å². The maximum atomic E-state index is 10.9. The molecule has 0 aromatic carbocycles. The van der Waals surface area contributed by atoms with E-state index in [0.29, 0.717) is 6.54 Å². The molecule has 0 saturated carbocycles. The first kappa shape index (κ1) is 11.7. The Labute approximate surface area is 110 Å². The Balaban J connectivity index is 1.90. The molecule has 0 spiro atoms. The van der Waals surface area contributed by atoms with Gasteiger partial charge in [-0.15, -0.1) is 0 Å². The molecular weight excluding hydrogens is 244 g/mol. The summed E-state index contributed by atoms with van der Waals surface area (Å²) < 4.78 is 2.12. The average Bonchev–Trinajstić information content (AvgIpc) is 2.85. The maximum absolute atomic E-state index is 10.9. The Kier molecular flexibility index (Phi) is 2.70. The minimum absolute atomic E-state index is 0.222. The van der Waals surface area contributed by atoms with Crippen molar-refractivity contribution >= 4 is 11.8 Å². The largest absolute Gasteiger partial charge is 0.478 e. The molecule has 19 heavy (non-hydrogen) atoms. The van der Waals surface area contributed by atoms with Crippen LogP contribution in [0.2, 0.25) is 0 Å². The van der Waals surface area contributed by atoms with Crippen LogP contribution in [0.25, 0.3) is 0 Å². The van der Waals surface area contributed by atoms with E-state index in [1.54, 1.807) is 12.3 Å². The van der Waals surface area contributed by atoms with Crippen molar-refractivity contribution in [3.05, 3.63) is 41.6 Å². The lowest BCUT2D eigenvalue weighted by atomic mass is 10.2. The van der Waals surface area contributed by atoms with Gasteiger partial charge in [-0.1, -0.05) is 0 Å². The van der Waals surface area contributed by atoms with Crippen LogP contribution >= 0.6 is 0 Å². The van der Waals surface area contributed by atoms with E-state index < -0.39 is 5.97 Å². The molecule has 2 aromatic rings. The lowest BCUT2D eigenvalue weighted by molar-refractivity contribution is 0.0696. The molecule has 0 aliphatic carbocycles. The third-order valence-corrected chi connectivity index (χ3v) is 3.34. The summed E-state index contributed by atoms with van der Waals surface area (Å²) in [6.07, 6.45) is 5.18. The predicted molar refractivity (Wildman–Crippen MR) is 69.2 cm³/mol. The smallest absolute Gasteiger partial charge is 0.337 e. The van der Waals surface area contributed by atoms with Gasteiger partial charge >= 0.3 is 5.97 Å². The Morgan fingerprint density at radius 3 is 2.95 bits per heavy atom. The molecule has 1 N–H and O–H groups in total. The molecule has 0 saturated heterocycles. The minimum atomic E-state index is -0.948. The second-order valence-corrected chi connectivity index (χ2v) is 4.63. The van der Waals surface area contributed by atoms with Crippen molar-refractivity contribution in [3.8, 4) is 0 Å². The fraction of sp³-hybridized carbons (Fsp3) is 0.308. The zero-order valence-electron chi connectivity index (χ0n) is 10.6. The monoisotopic (exact) mass is 258 g/mol. The van der Waals surface area contributed by atoms with Crippen LogP contribution in [0.4, 0.5) is 5.82 Å². The molecule has 6 nitrogen and oxygen atoms in total. The Morgan fingerprint density at radius 1 is 1.37 bits per heavy atom. The fourth-order valence-corrected chi connectivity index (χ4v) is 2.37. The van der Waals surface area contributed by atoms with Gasteiger partial charge in [0.2, 0.25) is 0 Å². The predicted octanol–water partition coefficient (Wildman–Crippen LogP) is 1.30. The summed E-state index contributed by atoms with van der Waals surface area (Å²) in [6, 6.07) is 1.66. The highest BCUT2D eigenvalue weighted by Gasteiger charge is 2.19. The molecule has 6 heteroatoms. The van der Waals surface area contributed by atoms with Gasteiger partial charge in [0.1, 0.15) is 11.6 Å². The van der Waals surface area contributed by atoms with E-state index in [4.69, 9.17) is 5.11 Å². The second-order valence-electron chi connectivity index (χ2n) is 4.63. The van der Waals surface area contributed by atoms with E-state index in [0.717, 1.165) is 30.3 Å². The first-order valence-corrected chi connectivity index (χ1v) is 6.10. The van der Waals surface area contributed by atoms with Crippen LogP contribution in [0.5, 0.6) is 0 Å². The van der Waals surface area contributed by atoms with Gasteiger partial charge in [0.15, 0.2) is 0 Å². The number of aromatic nitrogens is 3. The standard InChI is InChI=1S/C13H14N4O2/c1-9-6-10(13(18)19)7-15-12(9)17-5-4-16-3-2-14-11(16)8-17/h2-3,6-7H,4-5,8H2,1H3,(H,18,19). The molecular formula is C13H14N4O2. The summed E-state index contributed by atoms with van der Waals surface area (Å²) in [6.45, 7) is 4.31. The molecule has 0 atom stereocenters. The van der Waals surface area contributed by atoms with Crippen LogP contribution in [0, 0.1) is 6.92 Å². The molecule has 2 aromatic heterocycles. The number of aromatic carboxylic acids is 1. The Hall–Kier alpha value is -2.37. The van der Waals surface area contributed by atoms with Crippen molar-refractivity contribution in [2.45, 2.75) is 20.0 Å². The number of carboxylic acids is 1. The lowest BCUT2D eigenvalue weighted by Gasteiger charge is -2.29. The summed E-state index contributed by atoms with van der Waals surface area (Å²) in [7, 11) is 0. The van der Waals surface area contributed by atoms with Gasteiger partial charge < -0.3 is 14.6 Å². The van der Waals surface area contributed by atoms with Crippen LogP contribution in [0.15, 0.2) is 24.7 Å². The van der Waals surface area contributed by atoms with Crippen molar-refractivity contribution in [2.75, 3.05) is 11.4 Å². The molecule has 98 valence electrons. The number of imidazole rings is 1. The SMILES string of the molecule is Cc1cc(C(=O)O)cnc1N1CCn2ccnc2C1. The molecule has 3 heterocycles. The van der Waals surface area contributed by atoms with Crippen molar-refractivity contribution in [1.82, 2.24) is 14.5 Å². The van der Waals surface area contributed by atoms with E-state index in [-0.39, 0.29) is 5.56 Å². The maximum Gasteiger partial charge on any atom is 0.337 e. The van der Waals surface area contributed by atoms with Gasteiger partial charge in [-0.3, -0.25) is 0 Å². The highest BCUT2D eigenvalue weighted by atomic mass is 16.4. The molecule has 1 aliphatic heterocycles. The number of anilines is 1. The molecule has 0 amide bonds. The van der Waals surface area contributed by atoms with Crippen LogP contribution < -0.4 is 4.90 Å². The molecule has 0 bridgehead atoms. The zero-order valence-corrected chi connectivity index (χ0v) is 10.6. The number of hydrogen-bond acceptors (Lipinski definition) is 4. The summed E-state index contributed by atoms with van der Waals surface area (Å²) in [5.41, 5.74) is 1.10. The molecule has 1 aliphatic rings. The molecule has 3 rings (SSSR count). The van der Waals surface area contributed by atoms with E-state index in [1.165, 1.54) is 6.20 Å². The van der Waals surface area contributed by atoms with Crippen molar-refractivity contribution in [2.24, 2.45) is 0 Å². The molecule has 0 radical (unpaired) electrons. The van der Waals surface area contributed by atoms with Crippen molar-refractivity contribution in [1.29, 1.82) is 0 Å². The van der Waals surface area contributed by atoms with Crippen molar-refractivity contribution in [3.63, 3.8) is 0 Å².